The average molecular weight is 461 g/mol. The molecule has 0 amide bonds. The Hall–Kier alpha value is 8.17. The van der Waals surface area contributed by atoms with Crippen molar-refractivity contribution in [3.63, 3.8) is 0 Å². The molecule has 4 nitrogen and oxygen atoms in total. The van der Waals surface area contributed by atoms with Gasteiger partial charge in [-0.2, -0.15) is 7.82 Å². The molecule has 9 radical (unpaired) electrons. The molecular formula is Al3Fe3K3O4P. The van der Waals surface area contributed by atoms with Crippen molar-refractivity contribution in [2.24, 2.45) is 0 Å². The van der Waals surface area contributed by atoms with E-state index in [4.69, 9.17) is 19.2 Å². The molecule has 14 heavy (non-hydrogen) atoms. The first-order valence-electron chi connectivity index (χ1n) is 0.730. The Morgan fingerprint density at radius 3 is 0.643 bits per heavy atom. The van der Waals surface area contributed by atoms with Gasteiger partial charge in [0.15, 0.2) is 0 Å². The van der Waals surface area contributed by atoms with Crippen LogP contribution in [-0.2, 0) is 55.8 Å². The molecule has 0 saturated carbocycles. The predicted molar refractivity (Wildman–Crippen MR) is 24.9 cm³/mol. The standard InChI is InChI=1S/3Al.3Fe.3K.H3O4P/c;;;;;;;;;1-5(2,3)4/h;;;;;;;;;(H3,1,2,3,4)/q;;;;;;3*+1;/p-3. The fourth-order valence-electron chi connectivity index (χ4n) is 0. The third-order valence-electron chi connectivity index (χ3n) is 0. The molecule has 0 atom stereocenters. The first-order valence-corrected chi connectivity index (χ1v) is 2.19. The molecule has 0 aromatic heterocycles. The van der Waals surface area contributed by atoms with Gasteiger partial charge < -0.3 is 19.2 Å². The molecular weight excluding hydrogens is 461 g/mol. The molecule has 0 fully saturated rings. The molecule has 0 aromatic rings. The van der Waals surface area contributed by atoms with Crippen LogP contribution in [0, 0.1) is 0 Å². The van der Waals surface area contributed by atoms with Crippen LogP contribution in [0.3, 0.4) is 0 Å². The summed E-state index contributed by atoms with van der Waals surface area (Å²) in [5.74, 6) is 0. The van der Waals surface area contributed by atoms with E-state index in [0.717, 1.165) is 0 Å². The third-order valence-corrected chi connectivity index (χ3v) is 0. The van der Waals surface area contributed by atoms with E-state index in [2.05, 4.69) is 0 Å². The zero-order valence-corrected chi connectivity index (χ0v) is 24.9. The van der Waals surface area contributed by atoms with Gasteiger partial charge in [0.1, 0.15) is 0 Å². The smallest absolute Gasteiger partial charge is 0.822 e. The van der Waals surface area contributed by atoms with Crippen LogP contribution in [0.1, 0.15) is 0 Å². The van der Waals surface area contributed by atoms with Crippen LogP contribution in [0.15, 0.2) is 0 Å². The van der Waals surface area contributed by atoms with E-state index in [0.29, 0.717) is 0 Å². The first-order chi connectivity index (χ1) is 2.00. The Kier molecular flexibility index (Phi) is 206. The van der Waals surface area contributed by atoms with Crippen LogP contribution in [0.4, 0.5) is 0 Å². The van der Waals surface area contributed by atoms with Crippen molar-refractivity contribution in [1.29, 1.82) is 0 Å². The topological polar surface area (TPSA) is 86.2 Å². The zero-order valence-electron chi connectivity index (χ0n) is 7.87. The van der Waals surface area contributed by atoms with Crippen molar-refractivity contribution >= 4 is 59.9 Å². The van der Waals surface area contributed by atoms with Gasteiger partial charge in [-0.25, -0.2) is 0 Å². The second kappa shape index (κ2) is 42.9. The molecule has 0 aliphatic rings. The van der Waals surface area contributed by atoms with Crippen LogP contribution in [0.25, 0.3) is 0 Å². The van der Waals surface area contributed by atoms with Gasteiger partial charge in [-0.05, 0) is 0 Å². The summed E-state index contributed by atoms with van der Waals surface area (Å²) < 4.78 is 8.55. The first kappa shape index (κ1) is 67.1. The Morgan fingerprint density at radius 2 is 0.643 bits per heavy atom. The molecule has 0 aromatic carbocycles. The minimum atomic E-state index is -5.39. The van der Waals surface area contributed by atoms with Crippen molar-refractivity contribution in [3.05, 3.63) is 0 Å². The Labute approximate surface area is 275 Å². The van der Waals surface area contributed by atoms with Crippen molar-refractivity contribution in [2.75, 3.05) is 0 Å². The SMILES string of the molecule is O=P([O-])([O-])[O-].[Al].[Al].[Al].[Fe].[Fe].[Fe].[K+].[K+].[K+]. The predicted octanol–water partition coefficient (Wildman–Crippen LogP) is -13.0. The minimum Gasteiger partial charge on any atom is -0.822 e. The van der Waals surface area contributed by atoms with E-state index < -0.39 is 7.82 Å². The van der Waals surface area contributed by atoms with Crippen LogP contribution in [0.2, 0.25) is 0 Å². The monoisotopic (exact) mass is 461 g/mol. The van der Waals surface area contributed by atoms with Crippen LogP contribution in [-0.4, -0.2) is 52.1 Å². The molecule has 0 saturated heterocycles. The van der Waals surface area contributed by atoms with Gasteiger partial charge in [-0.3, -0.25) is 0 Å². The molecule has 0 rings (SSSR count). The van der Waals surface area contributed by atoms with Gasteiger partial charge in [-0.15, -0.1) is 0 Å². The number of phosphoric acid groups is 1. The summed E-state index contributed by atoms with van der Waals surface area (Å²) in [4.78, 5) is 25.6. The maximum atomic E-state index is 8.55. The summed E-state index contributed by atoms with van der Waals surface area (Å²) in [5, 5.41) is 0. The van der Waals surface area contributed by atoms with E-state index >= 15 is 0 Å². The fraction of sp³-hybridized carbons (Fsp3) is 0. The quantitative estimate of drug-likeness (QED) is 0.265. The number of rotatable bonds is 0. The van der Waals surface area contributed by atoms with Gasteiger partial charge in [-0.1, -0.05) is 0 Å². The number of hydrogen-bond donors (Lipinski definition) is 0. The second-order valence-corrected chi connectivity index (χ2v) is 1.34. The molecule has 0 spiro atoms. The Balaban J connectivity index is -0.00000000222. The van der Waals surface area contributed by atoms with Crippen LogP contribution < -0.4 is 169 Å². The van der Waals surface area contributed by atoms with E-state index in [-0.39, 0.29) is 257 Å². The molecule has 65 valence electrons. The van der Waals surface area contributed by atoms with E-state index in [1.54, 1.807) is 0 Å². The van der Waals surface area contributed by atoms with Gasteiger partial charge in [0.25, 0.3) is 0 Å². The van der Waals surface area contributed by atoms with E-state index in [9.17, 15) is 0 Å². The number of hydrogen-bond acceptors (Lipinski definition) is 4. The van der Waals surface area contributed by atoms with Crippen LogP contribution >= 0.6 is 7.82 Å². The van der Waals surface area contributed by atoms with Crippen molar-refractivity contribution < 1.29 is 225 Å². The summed E-state index contributed by atoms with van der Waals surface area (Å²) in [6.07, 6.45) is 0. The van der Waals surface area contributed by atoms with E-state index in [1.165, 1.54) is 0 Å². The molecule has 0 heterocycles. The minimum absolute atomic E-state index is 0. The third kappa shape index (κ3) is 111. The van der Waals surface area contributed by atoms with E-state index in [1.807, 2.05) is 0 Å². The largest absolute Gasteiger partial charge is 1.00 e. The Bertz CT molecular complexity index is 77.2. The van der Waals surface area contributed by atoms with Gasteiger partial charge in [0.05, 0.1) is 0 Å². The van der Waals surface area contributed by atoms with Crippen LogP contribution in [0.5, 0.6) is 0 Å². The van der Waals surface area contributed by atoms with Gasteiger partial charge in [0, 0.05) is 103 Å². The summed E-state index contributed by atoms with van der Waals surface area (Å²) >= 11 is 0. The molecule has 0 aliphatic heterocycles. The summed E-state index contributed by atoms with van der Waals surface area (Å²) in [6.45, 7) is 0. The summed E-state index contributed by atoms with van der Waals surface area (Å²) in [6, 6.07) is 0. The maximum absolute atomic E-state index is 8.55. The maximum Gasteiger partial charge on any atom is 1.00 e. The zero-order chi connectivity index (χ0) is 4.50. The summed E-state index contributed by atoms with van der Waals surface area (Å²) in [5.41, 5.74) is 0. The average Bonchev–Trinajstić information content (AvgIpc) is 0.722. The fourth-order valence-corrected chi connectivity index (χ4v) is 0. The second-order valence-electron chi connectivity index (χ2n) is 0.447. The van der Waals surface area contributed by atoms with Gasteiger partial charge >= 0.3 is 154 Å². The Morgan fingerprint density at radius 1 is 0.643 bits per heavy atom. The molecule has 0 aliphatic carbocycles. The molecule has 0 N–H and O–H groups in total. The van der Waals surface area contributed by atoms with Gasteiger partial charge in [0.2, 0.25) is 0 Å². The van der Waals surface area contributed by atoms with Crippen molar-refractivity contribution in [2.45, 2.75) is 0 Å². The normalized spacial score (nSPS) is 4.21. The molecule has 14 heteroatoms. The molecule has 0 bridgehead atoms. The summed E-state index contributed by atoms with van der Waals surface area (Å²) in [7, 11) is -5.39. The molecule has 0 unspecified atom stereocenters. The van der Waals surface area contributed by atoms with Crippen molar-refractivity contribution in [1.82, 2.24) is 0 Å². The van der Waals surface area contributed by atoms with Crippen molar-refractivity contribution in [3.8, 4) is 0 Å².